The maximum Gasteiger partial charge on any atom is 0.290 e. The second-order valence-electron chi connectivity index (χ2n) is 2.88. The second kappa shape index (κ2) is 4.75. The zero-order valence-electron chi connectivity index (χ0n) is 7.89. The monoisotopic (exact) mass is 267 g/mol. The topological polar surface area (TPSA) is 77.3 Å². The molecule has 0 radical (unpaired) electrons. The number of nitrogens with zero attached hydrogens (tertiary/aromatic N) is 1. The average molecular weight is 268 g/mol. The Morgan fingerprint density at radius 1 is 1.44 bits per heavy atom. The quantitative estimate of drug-likeness (QED) is 0.360. The summed E-state index contributed by atoms with van der Waals surface area (Å²) in [6, 6.07) is 2.30. The van der Waals surface area contributed by atoms with Crippen molar-refractivity contribution in [1.29, 1.82) is 0 Å². The molecule has 0 fully saturated rings. The number of hydrogen-bond donors (Lipinski definition) is 0. The number of benzene rings is 1. The van der Waals surface area contributed by atoms with E-state index in [1.165, 1.54) is 0 Å². The molecular weight excluding hydrogens is 261 g/mol. The highest BCUT2D eigenvalue weighted by atomic mass is 35.5. The Kier molecular flexibility index (Phi) is 3.82. The molecule has 0 amide bonds. The highest BCUT2D eigenvalue weighted by Crippen LogP contribution is 2.25. The zero-order valence-corrected chi connectivity index (χ0v) is 9.46. The summed E-state index contributed by atoms with van der Waals surface area (Å²) in [6.07, 6.45) is 0. The Morgan fingerprint density at radius 3 is 2.56 bits per heavy atom. The van der Waals surface area contributed by atoms with E-state index in [1.54, 1.807) is 0 Å². The summed E-state index contributed by atoms with van der Waals surface area (Å²) in [4.78, 5) is 9.11. The first-order chi connectivity index (χ1) is 7.38. The van der Waals surface area contributed by atoms with Crippen molar-refractivity contribution in [2.24, 2.45) is 0 Å². The highest BCUT2D eigenvalue weighted by molar-refractivity contribution is 7.91. The van der Waals surface area contributed by atoms with Crippen LogP contribution in [0.1, 0.15) is 0 Å². The third-order valence-electron chi connectivity index (χ3n) is 1.80. The van der Waals surface area contributed by atoms with Crippen molar-refractivity contribution in [2.75, 3.05) is 11.6 Å². The van der Waals surface area contributed by atoms with E-state index in [0.29, 0.717) is 6.07 Å². The Labute approximate surface area is 95.9 Å². The fraction of sp³-hybridized carbons (Fsp3) is 0.250. The smallest absolute Gasteiger partial charge is 0.258 e. The predicted molar refractivity (Wildman–Crippen MR) is 55.8 cm³/mol. The summed E-state index contributed by atoms with van der Waals surface area (Å²) in [5, 5.41) is 10.6. The summed E-state index contributed by atoms with van der Waals surface area (Å²) in [5.74, 6) is -1.48. The number of nitro groups is 1. The number of hydrogen-bond acceptors (Lipinski definition) is 4. The Morgan fingerprint density at radius 2 is 2.06 bits per heavy atom. The van der Waals surface area contributed by atoms with E-state index in [4.69, 9.17) is 11.6 Å². The lowest BCUT2D eigenvalue weighted by molar-refractivity contribution is -0.388. The molecule has 0 saturated carbocycles. The average Bonchev–Trinajstić information content (AvgIpc) is 2.16. The molecule has 0 atom stereocenters. The predicted octanol–water partition coefficient (Wildman–Crippen LogP) is 1.75. The number of alkyl halides is 1. The van der Waals surface area contributed by atoms with E-state index < -0.39 is 36.9 Å². The lowest BCUT2D eigenvalue weighted by Gasteiger charge is -2.03. The van der Waals surface area contributed by atoms with Gasteiger partial charge >= 0.3 is 0 Å². The number of nitro benzene ring substituents is 1. The van der Waals surface area contributed by atoms with E-state index in [0.717, 1.165) is 12.1 Å². The van der Waals surface area contributed by atoms with E-state index in [1.807, 2.05) is 0 Å². The molecular formula is C8H7ClFNO4S. The molecule has 0 saturated heterocycles. The normalized spacial score (nSPS) is 11.4. The van der Waals surface area contributed by atoms with E-state index >= 15 is 0 Å². The summed E-state index contributed by atoms with van der Waals surface area (Å²) >= 11 is 5.28. The van der Waals surface area contributed by atoms with Gasteiger partial charge in [0.05, 0.1) is 16.7 Å². The molecule has 0 aromatic heterocycles. The van der Waals surface area contributed by atoms with Gasteiger partial charge in [0, 0.05) is 5.88 Å². The molecule has 0 aliphatic carbocycles. The second-order valence-corrected chi connectivity index (χ2v) is 5.33. The van der Waals surface area contributed by atoms with E-state index in [-0.39, 0.29) is 5.88 Å². The van der Waals surface area contributed by atoms with Gasteiger partial charge in [-0.05, 0) is 12.1 Å². The van der Waals surface area contributed by atoms with Gasteiger partial charge in [0.25, 0.3) is 5.69 Å². The molecule has 5 nitrogen and oxygen atoms in total. The molecule has 1 aromatic carbocycles. The maximum atomic E-state index is 12.8. The van der Waals surface area contributed by atoms with Gasteiger partial charge in [0.15, 0.2) is 9.84 Å². The number of rotatable bonds is 4. The van der Waals surface area contributed by atoms with Gasteiger partial charge in [-0.25, -0.2) is 12.8 Å². The largest absolute Gasteiger partial charge is 0.290 e. The Bertz CT molecular complexity index is 517. The lowest BCUT2D eigenvalue weighted by atomic mass is 10.3. The zero-order chi connectivity index (χ0) is 12.3. The van der Waals surface area contributed by atoms with Gasteiger partial charge in [0.2, 0.25) is 0 Å². The van der Waals surface area contributed by atoms with Crippen molar-refractivity contribution < 1.29 is 17.7 Å². The molecule has 1 aromatic rings. The van der Waals surface area contributed by atoms with Crippen molar-refractivity contribution in [3.05, 3.63) is 34.1 Å². The van der Waals surface area contributed by atoms with Crippen LogP contribution in [0.5, 0.6) is 0 Å². The molecule has 0 heterocycles. The van der Waals surface area contributed by atoms with Crippen LogP contribution in [-0.2, 0) is 9.84 Å². The van der Waals surface area contributed by atoms with Crippen LogP contribution in [0.4, 0.5) is 10.1 Å². The molecule has 0 N–H and O–H groups in total. The fourth-order valence-corrected chi connectivity index (χ4v) is 2.87. The number of halogens is 2. The van der Waals surface area contributed by atoms with Crippen LogP contribution in [0.3, 0.4) is 0 Å². The minimum absolute atomic E-state index is 0.184. The number of sulfone groups is 1. The third kappa shape index (κ3) is 2.67. The van der Waals surface area contributed by atoms with Crippen LogP contribution in [0, 0.1) is 15.9 Å². The summed E-state index contributed by atoms with van der Waals surface area (Å²) in [7, 11) is -3.84. The van der Waals surface area contributed by atoms with E-state index in [2.05, 4.69) is 0 Å². The van der Waals surface area contributed by atoms with Crippen LogP contribution in [-0.4, -0.2) is 25.0 Å². The molecule has 8 heteroatoms. The van der Waals surface area contributed by atoms with Gasteiger partial charge in [-0.3, -0.25) is 10.1 Å². The van der Waals surface area contributed by atoms with Gasteiger partial charge in [-0.15, -0.1) is 11.6 Å². The molecule has 16 heavy (non-hydrogen) atoms. The van der Waals surface area contributed by atoms with Crippen molar-refractivity contribution >= 4 is 27.1 Å². The third-order valence-corrected chi connectivity index (χ3v) is 3.97. The molecule has 1 rings (SSSR count). The first kappa shape index (κ1) is 12.9. The van der Waals surface area contributed by atoms with Crippen LogP contribution in [0.2, 0.25) is 0 Å². The molecule has 0 spiro atoms. The van der Waals surface area contributed by atoms with Gasteiger partial charge in [-0.2, -0.15) is 0 Å². The Hall–Kier alpha value is -1.21. The summed E-state index contributed by atoms with van der Waals surface area (Å²) in [6.45, 7) is 0. The first-order valence-corrected chi connectivity index (χ1v) is 6.30. The van der Waals surface area contributed by atoms with Gasteiger partial charge in [-0.1, -0.05) is 0 Å². The Balaban J connectivity index is 3.39. The van der Waals surface area contributed by atoms with Crippen molar-refractivity contribution in [2.45, 2.75) is 4.90 Å². The van der Waals surface area contributed by atoms with E-state index in [9.17, 15) is 22.9 Å². The standard InChI is InChI=1S/C8H7ClFNO4S/c9-3-4-16(14,15)8-2-1-6(10)5-7(8)11(12)13/h1-2,5H,3-4H2. The summed E-state index contributed by atoms with van der Waals surface area (Å²) in [5.41, 5.74) is -0.773. The first-order valence-electron chi connectivity index (χ1n) is 4.11. The van der Waals surface area contributed by atoms with Crippen LogP contribution < -0.4 is 0 Å². The SMILES string of the molecule is O=[N+]([O-])c1cc(F)ccc1S(=O)(=O)CCCl. The lowest BCUT2D eigenvalue weighted by Crippen LogP contribution is -2.10. The molecule has 0 aliphatic heterocycles. The van der Waals surface area contributed by atoms with Crippen molar-refractivity contribution in [3.63, 3.8) is 0 Å². The molecule has 0 bridgehead atoms. The van der Waals surface area contributed by atoms with Crippen LogP contribution in [0.15, 0.2) is 23.1 Å². The minimum Gasteiger partial charge on any atom is -0.258 e. The molecule has 88 valence electrons. The molecule has 0 unspecified atom stereocenters. The highest BCUT2D eigenvalue weighted by Gasteiger charge is 2.25. The van der Waals surface area contributed by atoms with Crippen molar-refractivity contribution in [1.82, 2.24) is 0 Å². The minimum atomic E-state index is -3.84. The van der Waals surface area contributed by atoms with Gasteiger partial charge in [0.1, 0.15) is 10.7 Å². The van der Waals surface area contributed by atoms with Crippen LogP contribution in [0.25, 0.3) is 0 Å². The van der Waals surface area contributed by atoms with Crippen molar-refractivity contribution in [3.8, 4) is 0 Å². The fourth-order valence-electron chi connectivity index (χ4n) is 1.11. The van der Waals surface area contributed by atoms with Gasteiger partial charge < -0.3 is 0 Å². The molecule has 0 aliphatic rings. The summed E-state index contributed by atoms with van der Waals surface area (Å²) < 4.78 is 35.9. The maximum absolute atomic E-state index is 12.8. The van der Waals surface area contributed by atoms with Crippen LogP contribution >= 0.6 is 11.6 Å².